The van der Waals surface area contributed by atoms with Gasteiger partial charge in [-0.2, -0.15) is 0 Å². The van der Waals surface area contributed by atoms with Gasteiger partial charge in [0.1, 0.15) is 51.7 Å². The largest absolute Gasteiger partial charge is 0.496 e. The molecule has 0 spiro atoms. The average Bonchev–Trinajstić information content (AvgIpc) is 0.833. The first-order valence-corrected chi connectivity index (χ1v) is 36.5. The first kappa shape index (κ1) is 81.3. The van der Waals surface area contributed by atoms with Crippen molar-refractivity contribution in [3.8, 4) is 51.7 Å². The molecule has 0 fully saturated rings. The van der Waals surface area contributed by atoms with Crippen molar-refractivity contribution < 1.29 is 85.3 Å². The highest BCUT2D eigenvalue weighted by Crippen LogP contribution is 2.39. The van der Waals surface area contributed by atoms with Crippen LogP contribution < -0.4 is 42.6 Å². The van der Waals surface area contributed by atoms with Crippen LogP contribution in [0.15, 0.2) is 109 Å². The molecule has 0 saturated heterocycles. The molecule has 0 N–H and O–H groups in total. The molecule has 9 aromatic rings. The SMILES string of the molecule is COc1c2cc(C)cc1COCc1cc(C)cc(c1OC)COCc1cc(C)cc(c1OC)COCc1cc(C)cc(c1OC)COCc1cc(C)cc(c1OC)COCc1cc(C)cc(c1OC)COCc1cc(C)cc(c1OC)COCc1cc(C)cc(c1OC)COCc1cc(C)cc(c1OC)COC2. The number of fused-ring (bicyclic) bond motifs is 18. The number of benzene rings is 9. The summed E-state index contributed by atoms with van der Waals surface area (Å²) in [5, 5.41) is 0. The highest BCUT2D eigenvalue weighted by molar-refractivity contribution is 5.52. The predicted molar refractivity (Wildman–Crippen MR) is 416 cm³/mol. The molecule has 18 bridgehead atoms. The second-order valence-corrected chi connectivity index (χ2v) is 28.0. The van der Waals surface area contributed by atoms with Gasteiger partial charge in [0.15, 0.2) is 0 Å². The van der Waals surface area contributed by atoms with Gasteiger partial charge in [0.05, 0.1) is 183 Å². The minimum Gasteiger partial charge on any atom is -0.496 e. The third kappa shape index (κ3) is 20.8. The van der Waals surface area contributed by atoms with Crippen molar-refractivity contribution in [2.75, 3.05) is 64.0 Å². The third-order valence-electron chi connectivity index (χ3n) is 19.0. The summed E-state index contributed by atoms with van der Waals surface area (Å²) in [6.07, 6.45) is 0. The minimum atomic E-state index is 0.283. The second kappa shape index (κ2) is 39.3. The Morgan fingerprint density at radius 2 is 0.204 bits per heavy atom. The molecule has 0 aromatic heterocycles. The van der Waals surface area contributed by atoms with E-state index in [1.807, 2.05) is 0 Å². The molecule has 10 rings (SSSR count). The van der Waals surface area contributed by atoms with E-state index < -0.39 is 0 Å². The van der Waals surface area contributed by atoms with E-state index in [0.717, 1.165) is 150 Å². The molecule has 0 amide bonds. The Morgan fingerprint density at radius 3 is 0.259 bits per heavy atom. The van der Waals surface area contributed by atoms with Crippen LogP contribution in [0.5, 0.6) is 51.7 Å². The summed E-state index contributed by atoms with van der Waals surface area (Å²) in [6, 6.07) is 37.6. The molecule has 0 atom stereocenters. The molecule has 0 aliphatic carbocycles. The lowest BCUT2D eigenvalue weighted by Crippen LogP contribution is -2.07. The Labute approximate surface area is 638 Å². The maximum absolute atomic E-state index is 6.52. The van der Waals surface area contributed by atoms with Crippen LogP contribution >= 0.6 is 0 Å². The van der Waals surface area contributed by atoms with Crippen molar-refractivity contribution in [2.24, 2.45) is 0 Å². The van der Waals surface area contributed by atoms with E-state index in [1.165, 1.54) is 0 Å². The van der Waals surface area contributed by atoms with Crippen LogP contribution in [0.3, 0.4) is 0 Å². The van der Waals surface area contributed by atoms with E-state index in [4.69, 9.17) is 85.3 Å². The van der Waals surface area contributed by atoms with Gasteiger partial charge in [0, 0.05) is 100 Å². The summed E-state index contributed by atoms with van der Waals surface area (Å²) >= 11 is 0. The van der Waals surface area contributed by atoms with Gasteiger partial charge < -0.3 is 85.3 Å². The molecular weight excluding hydrogens is 1370 g/mol. The maximum Gasteiger partial charge on any atom is 0.129 e. The van der Waals surface area contributed by atoms with E-state index in [9.17, 15) is 0 Å². The first-order valence-electron chi connectivity index (χ1n) is 36.5. The standard InChI is InChI=1S/C90H108O18/c1-55-19-64-37-100-39-66-21-56(2)23-68(83(66)92-11)41-102-43-70-25-58(4)27-72(85(70)94-13)45-104-47-74-29-60(6)31-76(87(74)96-15)49-106-51-78-33-62(8)35-80(89(78)98-17)53-108-54-81-36-63(9)34-79(90(81)99-18)52-107-50-77-32-61(7)30-75(88(77)97-16)48-105-46-73-28-59(5)26-71(86(73)95-14)44-103-42-69-24-57(3)22-67(84(69)93-12)40-101-38-65(20-55)82(64)91-10/h19-36H,37-54H2,1-18H3. The second-order valence-electron chi connectivity index (χ2n) is 28.0. The summed E-state index contributed by atoms with van der Waals surface area (Å²) in [5.74, 6) is 6.33. The normalized spacial score (nSPS) is 14.5. The highest BCUT2D eigenvalue weighted by atomic mass is 16.5. The summed E-state index contributed by atoms with van der Waals surface area (Å²) < 4.78 is 114. The van der Waals surface area contributed by atoms with Gasteiger partial charge in [-0.1, -0.05) is 159 Å². The van der Waals surface area contributed by atoms with Gasteiger partial charge in [-0.15, -0.1) is 0 Å². The molecule has 0 unspecified atom stereocenters. The van der Waals surface area contributed by atoms with Crippen LogP contribution in [0.25, 0.3) is 0 Å². The van der Waals surface area contributed by atoms with Gasteiger partial charge >= 0.3 is 0 Å². The molecule has 576 valence electrons. The number of hydrogen-bond donors (Lipinski definition) is 0. The van der Waals surface area contributed by atoms with Crippen LogP contribution in [-0.2, 0) is 162 Å². The molecular formula is C90H108O18. The van der Waals surface area contributed by atoms with Crippen molar-refractivity contribution in [2.45, 2.75) is 181 Å². The van der Waals surface area contributed by atoms with Crippen LogP contribution in [0.2, 0.25) is 0 Å². The average molecular weight is 1480 g/mol. The topological polar surface area (TPSA) is 166 Å². The lowest BCUT2D eigenvalue weighted by atomic mass is 10.0. The Bertz CT molecular complexity index is 3420. The molecule has 1 aliphatic rings. The molecule has 108 heavy (non-hydrogen) atoms. The molecule has 1 aliphatic heterocycles. The van der Waals surface area contributed by atoms with Crippen molar-refractivity contribution in [1.82, 2.24) is 0 Å². The fraction of sp³-hybridized carbons (Fsp3) is 0.400. The van der Waals surface area contributed by atoms with Crippen LogP contribution in [-0.4, -0.2) is 64.0 Å². The number of rotatable bonds is 9. The van der Waals surface area contributed by atoms with Gasteiger partial charge in [-0.25, -0.2) is 0 Å². The zero-order valence-corrected chi connectivity index (χ0v) is 66.5. The van der Waals surface area contributed by atoms with Crippen LogP contribution in [0.1, 0.15) is 150 Å². The lowest BCUT2D eigenvalue weighted by Gasteiger charge is -2.19. The highest BCUT2D eigenvalue weighted by Gasteiger charge is 2.23. The Balaban J connectivity index is 0.894. The smallest absolute Gasteiger partial charge is 0.129 e. The maximum atomic E-state index is 6.52. The van der Waals surface area contributed by atoms with Gasteiger partial charge in [0.2, 0.25) is 0 Å². The number of aryl methyl sites for hydroxylation is 9. The summed E-state index contributed by atoms with van der Waals surface area (Å²) in [6.45, 7) is 23.7. The monoisotopic (exact) mass is 1480 g/mol. The summed E-state index contributed by atoms with van der Waals surface area (Å²) in [7, 11) is 15.1. The molecule has 0 radical (unpaired) electrons. The number of ether oxygens (including phenoxy) is 18. The Hall–Kier alpha value is -9.18. The fourth-order valence-corrected chi connectivity index (χ4v) is 15.1. The lowest BCUT2D eigenvalue weighted by molar-refractivity contribution is 0.0929. The van der Waals surface area contributed by atoms with E-state index in [0.29, 0.717) is 51.7 Å². The Morgan fingerprint density at radius 1 is 0.139 bits per heavy atom. The predicted octanol–water partition coefficient (Wildman–Crippen LogP) is 18.3. The summed E-state index contributed by atoms with van der Waals surface area (Å²) in [5.41, 5.74) is 25.6. The van der Waals surface area contributed by atoms with E-state index in [2.05, 4.69) is 172 Å². The first-order chi connectivity index (χ1) is 52.3. The van der Waals surface area contributed by atoms with E-state index in [1.54, 1.807) is 64.0 Å². The molecule has 1 heterocycles. The van der Waals surface area contributed by atoms with Gasteiger partial charge in [-0.3, -0.25) is 0 Å². The van der Waals surface area contributed by atoms with Crippen molar-refractivity contribution in [3.63, 3.8) is 0 Å². The van der Waals surface area contributed by atoms with Gasteiger partial charge in [-0.05, 0) is 62.3 Å². The van der Waals surface area contributed by atoms with Crippen LogP contribution in [0.4, 0.5) is 0 Å². The van der Waals surface area contributed by atoms with Crippen LogP contribution in [0, 0.1) is 62.3 Å². The quantitative estimate of drug-likeness (QED) is 0.134. The van der Waals surface area contributed by atoms with Crippen molar-refractivity contribution in [1.29, 1.82) is 0 Å². The minimum absolute atomic E-state index is 0.283. The molecule has 18 nitrogen and oxygen atoms in total. The van der Waals surface area contributed by atoms with Gasteiger partial charge in [0.25, 0.3) is 0 Å². The van der Waals surface area contributed by atoms with E-state index >= 15 is 0 Å². The molecule has 9 aromatic carbocycles. The van der Waals surface area contributed by atoms with Crippen molar-refractivity contribution >= 4 is 0 Å². The third-order valence-corrected chi connectivity index (χ3v) is 19.0. The zero-order chi connectivity index (χ0) is 77.0. The van der Waals surface area contributed by atoms with E-state index in [-0.39, 0.29) is 119 Å². The van der Waals surface area contributed by atoms with Crippen molar-refractivity contribution in [3.05, 3.63) is 259 Å². The molecule has 0 saturated carbocycles. The molecule has 18 heteroatoms. The fourth-order valence-electron chi connectivity index (χ4n) is 15.1. The summed E-state index contributed by atoms with van der Waals surface area (Å²) in [4.78, 5) is 0. The number of methoxy groups -OCH3 is 9. The zero-order valence-electron chi connectivity index (χ0n) is 66.5. The number of hydrogen-bond acceptors (Lipinski definition) is 18. The Kier molecular flexibility index (Phi) is 29.6.